The second-order valence-electron chi connectivity index (χ2n) is 8.48. The number of aryl methyl sites for hydroxylation is 1. The summed E-state index contributed by atoms with van der Waals surface area (Å²) in [7, 11) is 1.51. The molecular formula is C20H20F5N5O. The van der Waals surface area contributed by atoms with Gasteiger partial charge in [0.05, 0.1) is 10.9 Å². The normalized spacial score (nSPS) is 16.8. The van der Waals surface area contributed by atoms with Crippen LogP contribution in [0.1, 0.15) is 32.3 Å². The van der Waals surface area contributed by atoms with Gasteiger partial charge in [-0.2, -0.15) is 23.3 Å². The Morgan fingerprint density at radius 1 is 1.10 bits per heavy atom. The number of nitrogens with zero attached hydrogens (tertiary/aromatic N) is 5. The Morgan fingerprint density at radius 3 is 2.35 bits per heavy atom. The van der Waals surface area contributed by atoms with Gasteiger partial charge in [-0.3, -0.25) is 0 Å². The van der Waals surface area contributed by atoms with Crippen LogP contribution in [0.5, 0.6) is 5.75 Å². The highest BCUT2D eigenvalue weighted by Gasteiger charge is 2.38. The molecule has 0 saturated carbocycles. The van der Waals surface area contributed by atoms with Crippen LogP contribution in [0.4, 0.5) is 27.9 Å². The van der Waals surface area contributed by atoms with Gasteiger partial charge >= 0.3 is 6.18 Å². The van der Waals surface area contributed by atoms with E-state index in [1.54, 1.807) is 0 Å². The highest BCUT2D eigenvalue weighted by atomic mass is 19.4. The average molecular weight is 441 g/mol. The second-order valence-corrected chi connectivity index (χ2v) is 8.48. The molecular weight excluding hydrogens is 421 g/mol. The zero-order valence-electron chi connectivity index (χ0n) is 17.1. The van der Waals surface area contributed by atoms with Crippen molar-refractivity contribution in [2.75, 3.05) is 18.0 Å². The lowest BCUT2D eigenvalue weighted by Gasteiger charge is -2.36. The first-order valence-electron chi connectivity index (χ1n) is 9.62. The fraction of sp³-hybridized carbons (Fsp3) is 0.450. The number of aromatic nitrogens is 4. The number of fused-ring (bicyclic) bond motifs is 1. The molecule has 0 bridgehead atoms. The monoisotopic (exact) mass is 441 g/mol. The van der Waals surface area contributed by atoms with Crippen molar-refractivity contribution in [3.05, 3.63) is 29.5 Å². The Labute approximate surface area is 174 Å². The minimum absolute atomic E-state index is 0.182. The molecule has 3 heterocycles. The number of phenols is 1. The fourth-order valence-corrected chi connectivity index (χ4v) is 3.69. The SMILES string of the molecule is Cn1nc(-c2cc(C(F)(F)F)c(F)c(O)c2F)c2cnc(N3CCC(C)(C)CC3)nc21. The molecule has 0 amide bonds. The molecule has 0 aliphatic carbocycles. The highest BCUT2D eigenvalue weighted by Crippen LogP contribution is 2.41. The molecule has 31 heavy (non-hydrogen) atoms. The van der Waals surface area contributed by atoms with Crippen LogP contribution < -0.4 is 4.90 Å². The van der Waals surface area contributed by atoms with Crippen molar-refractivity contribution in [1.82, 2.24) is 19.7 Å². The zero-order chi connectivity index (χ0) is 22.7. The summed E-state index contributed by atoms with van der Waals surface area (Å²) in [4.78, 5) is 10.8. The first-order chi connectivity index (χ1) is 14.4. The number of aromatic hydroxyl groups is 1. The largest absolute Gasteiger partial charge is 0.503 e. The first-order valence-corrected chi connectivity index (χ1v) is 9.62. The van der Waals surface area contributed by atoms with Gasteiger partial charge in [0, 0.05) is 31.9 Å². The van der Waals surface area contributed by atoms with Gasteiger partial charge in [0.15, 0.2) is 23.0 Å². The number of halogens is 5. The summed E-state index contributed by atoms with van der Waals surface area (Å²) in [6.45, 7) is 5.87. The third-order valence-corrected chi connectivity index (χ3v) is 5.71. The minimum atomic E-state index is -5.12. The molecule has 4 rings (SSSR count). The topological polar surface area (TPSA) is 67.1 Å². The lowest BCUT2D eigenvalue weighted by atomic mass is 9.83. The quantitative estimate of drug-likeness (QED) is 0.586. The second kappa shape index (κ2) is 7.03. The minimum Gasteiger partial charge on any atom is -0.503 e. The molecule has 0 radical (unpaired) electrons. The van der Waals surface area contributed by atoms with Gasteiger partial charge in [0.2, 0.25) is 5.95 Å². The van der Waals surface area contributed by atoms with Gasteiger partial charge in [-0.25, -0.2) is 18.4 Å². The Hall–Kier alpha value is -2.98. The Bertz CT molecular complexity index is 1160. The van der Waals surface area contributed by atoms with Gasteiger partial charge in [0.1, 0.15) is 5.69 Å². The van der Waals surface area contributed by atoms with Crippen LogP contribution in [0.3, 0.4) is 0 Å². The predicted octanol–water partition coefficient (Wildman–Crippen LogP) is 4.66. The van der Waals surface area contributed by atoms with E-state index in [4.69, 9.17) is 0 Å². The summed E-state index contributed by atoms with van der Waals surface area (Å²) in [6, 6.07) is 0.298. The van der Waals surface area contributed by atoms with Crippen LogP contribution in [0.25, 0.3) is 22.3 Å². The van der Waals surface area contributed by atoms with E-state index in [2.05, 4.69) is 28.9 Å². The van der Waals surface area contributed by atoms with E-state index in [1.165, 1.54) is 17.9 Å². The number of phenolic OH excluding ortho intramolecular Hbond substituents is 1. The smallest absolute Gasteiger partial charge is 0.419 e. The molecule has 1 fully saturated rings. The van der Waals surface area contributed by atoms with E-state index in [9.17, 15) is 27.1 Å². The van der Waals surface area contributed by atoms with Gasteiger partial charge < -0.3 is 10.0 Å². The summed E-state index contributed by atoms with van der Waals surface area (Å²) in [6.07, 6.45) is -1.87. The Morgan fingerprint density at radius 2 is 1.74 bits per heavy atom. The van der Waals surface area contributed by atoms with Crippen molar-refractivity contribution >= 4 is 17.0 Å². The molecule has 1 aromatic carbocycles. The van der Waals surface area contributed by atoms with E-state index < -0.39 is 34.7 Å². The number of anilines is 1. The van der Waals surface area contributed by atoms with Crippen molar-refractivity contribution in [2.45, 2.75) is 32.9 Å². The summed E-state index contributed by atoms with van der Waals surface area (Å²) >= 11 is 0. The van der Waals surface area contributed by atoms with Crippen molar-refractivity contribution in [3.8, 4) is 17.0 Å². The van der Waals surface area contributed by atoms with Crippen LogP contribution in [0.2, 0.25) is 0 Å². The summed E-state index contributed by atoms with van der Waals surface area (Å²) < 4.78 is 69.1. The average Bonchev–Trinajstić information content (AvgIpc) is 3.01. The molecule has 1 aliphatic heterocycles. The Balaban J connectivity index is 1.81. The summed E-state index contributed by atoms with van der Waals surface area (Å²) in [5.74, 6) is -4.87. The molecule has 166 valence electrons. The molecule has 0 atom stereocenters. The number of alkyl halides is 3. The van der Waals surface area contributed by atoms with E-state index >= 15 is 0 Å². The van der Waals surface area contributed by atoms with Crippen LogP contribution in [0, 0.1) is 17.0 Å². The third-order valence-electron chi connectivity index (χ3n) is 5.71. The number of hydrogen-bond donors (Lipinski definition) is 1. The Kier molecular flexibility index (Phi) is 4.82. The van der Waals surface area contributed by atoms with Crippen LogP contribution >= 0.6 is 0 Å². The molecule has 0 spiro atoms. The molecule has 6 nitrogen and oxygen atoms in total. The number of hydrogen-bond acceptors (Lipinski definition) is 5. The fourth-order valence-electron chi connectivity index (χ4n) is 3.69. The zero-order valence-corrected chi connectivity index (χ0v) is 17.1. The van der Waals surface area contributed by atoms with Crippen molar-refractivity contribution < 1.29 is 27.1 Å². The van der Waals surface area contributed by atoms with E-state index in [0.717, 1.165) is 25.9 Å². The standard InChI is InChI=1S/C20H20F5N5O/c1-19(2)4-6-30(7-5-19)18-26-9-11-15(28-29(3)17(11)27-18)10-8-12(20(23,24)25)14(22)16(31)13(10)21/h8-9,31H,4-7H2,1-3H3. The predicted molar refractivity (Wildman–Crippen MR) is 104 cm³/mol. The van der Waals surface area contributed by atoms with Crippen LogP contribution in [-0.2, 0) is 13.2 Å². The van der Waals surface area contributed by atoms with Gasteiger partial charge in [0.25, 0.3) is 0 Å². The first kappa shape index (κ1) is 21.3. The molecule has 1 N–H and O–H groups in total. The maximum Gasteiger partial charge on any atom is 0.419 e. The van der Waals surface area contributed by atoms with Crippen molar-refractivity contribution in [1.29, 1.82) is 0 Å². The van der Waals surface area contributed by atoms with Crippen LogP contribution in [-0.4, -0.2) is 37.9 Å². The van der Waals surface area contributed by atoms with Gasteiger partial charge in [-0.1, -0.05) is 13.8 Å². The van der Waals surface area contributed by atoms with Crippen molar-refractivity contribution in [2.24, 2.45) is 12.5 Å². The molecule has 3 aromatic rings. The molecule has 1 aliphatic rings. The molecule has 1 saturated heterocycles. The maximum atomic E-state index is 14.5. The van der Waals surface area contributed by atoms with E-state index in [-0.39, 0.29) is 22.1 Å². The van der Waals surface area contributed by atoms with E-state index in [1.807, 2.05) is 4.90 Å². The summed E-state index contributed by atoms with van der Waals surface area (Å²) in [5.41, 5.74) is -2.19. The lowest BCUT2D eigenvalue weighted by Crippen LogP contribution is -2.38. The molecule has 2 aromatic heterocycles. The maximum absolute atomic E-state index is 14.5. The lowest BCUT2D eigenvalue weighted by molar-refractivity contribution is -0.140. The number of piperidine rings is 1. The van der Waals surface area contributed by atoms with Crippen molar-refractivity contribution in [3.63, 3.8) is 0 Å². The van der Waals surface area contributed by atoms with Gasteiger partial charge in [-0.05, 0) is 24.3 Å². The van der Waals surface area contributed by atoms with Gasteiger partial charge in [-0.15, -0.1) is 0 Å². The van der Waals surface area contributed by atoms with E-state index in [0.29, 0.717) is 12.0 Å². The number of rotatable bonds is 2. The third kappa shape index (κ3) is 3.66. The van der Waals surface area contributed by atoms with Crippen LogP contribution in [0.15, 0.2) is 12.3 Å². The number of benzene rings is 1. The highest BCUT2D eigenvalue weighted by molar-refractivity contribution is 5.91. The molecule has 11 heteroatoms. The summed E-state index contributed by atoms with van der Waals surface area (Å²) in [5, 5.41) is 13.9. The molecule has 0 unspecified atom stereocenters.